The molecule has 0 bridgehead atoms. The molecule has 4 nitrogen and oxygen atoms in total. The second-order valence-corrected chi connectivity index (χ2v) is 6.30. The molecule has 1 atom stereocenters. The summed E-state index contributed by atoms with van der Waals surface area (Å²) in [6.45, 7) is 6.69. The van der Waals surface area contributed by atoms with Crippen LogP contribution >= 0.6 is 0 Å². The van der Waals surface area contributed by atoms with Crippen LogP contribution in [0.5, 0.6) is 0 Å². The van der Waals surface area contributed by atoms with Gasteiger partial charge in [0.15, 0.2) is 0 Å². The van der Waals surface area contributed by atoms with Crippen molar-refractivity contribution in [2.45, 2.75) is 32.9 Å². The Morgan fingerprint density at radius 3 is 2.65 bits per heavy atom. The molecule has 0 aromatic heterocycles. The first kappa shape index (κ1) is 14.8. The molecule has 20 heavy (non-hydrogen) atoms. The first-order valence-electron chi connectivity index (χ1n) is 6.71. The highest BCUT2D eigenvalue weighted by atomic mass is 19.1. The number of halogens is 1. The zero-order valence-electron chi connectivity index (χ0n) is 12.1. The number of β-amino-alcohol motifs (C(OH)–C–C–N with tert-alkyl or cyclic N) is 1. The Morgan fingerprint density at radius 1 is 1.40 bits per heavy atom. The number of carbonyl (C=O) groups excluding carboxylic acids is 1. The van der Waals surface area contributed by atoms with Gasteiger partial charge in [-0.15, -0.1) is 0 Å². The van der Waals surface area contributed by atoms with Crippen molar-refractivity contribution in [2.24, 2.45) is 5.41 Å². The van der Waals surface area contributed by atoms with Crippen molar-refractivity contribution in [1.82, 2.24) is 10.2 Å². The Bertz CT molecular complexity index is 498. The summed E-state index contributed by atoms with van der Waals surface area (Å²) in [7, 11) is 0. The molecule has 1 unspecified atom stereocenters. The molecule has 2 rings (SSSR count). The van der Waals surface area contributed by atoms with Crippen LogP contribution < -0.4 is 5.32 Å². The molecule has 110 valence electrons. The van der Waals surface area contributed by atoms with Gasteiger partial charge in [0.25, 0.3) is 0 Å². The predicted octanol–water partition coefficient (Wildman–Crippen LogP) is 2.13. The number of nitrogens with one attached hydrogen (secondary N) is 1. The highest BCUT2D eigenvalue weighted by Crippen LogP contribution is 2.38. The molecule has 1 saturated heterocycles. The highest BCUT2D eigenvalue weighted by molar-refractivity contribution is 5.74. The molecule has 1 aromatic carbocycles. The average molecular weight is 280 g/mol. The first-order valence-corrected chi connectivity index (χ1v) is 6.71. The molecule has 1 fully saturated rings. The van der Waals surface area contributed by atoms with E-state index in [1.54, 1.807) is 24.0 Å². The number of rotatable bonds is 2. The van der Waals surface area contributed by atoms with E-state index in [4.69, 9.17) is 0 Å². The summed E-state index contributed by atoms with van der Waals surface area (Å²) < 4.78 is 13.0. The lowest BCUT2D eigenvalue weighted by molar-refractivity contribution is -0.0104. The van der Waals surface area contributed by atoms with Crippen LogP contribution in [0.2, 0.25) is 0 Å². The van der Waals surface area contributed by atoms with Crippen molar-refractivity contribution < 1.29 is 14.3 Å². The van der Waals surface area contributed by atoms with Gasteiger partial charge in [0.2, 0.25) is 0 Å². The molecule has 0 saturated carbocycles. The lowest BCUT2D eigenvalue weighted by Crippen LogP contribution is -2.41. The average Bonchev–Trinajstić information content (AvgIpc) is 2.56. The number of aliphatic hydroxyl groups is 1. The number of urea groups is 1. The Morgan fingerprint density at radius 2 is 2.10 bits per heavy atom. The summed E-state index contributed by atoms with van der Waals surface area (Å²) in [6.07, 6.45) is 0. The van der Waals surface area contributed by atoms with Crippen LogP contribution in [0.1, 0.15) is 26.3 Å². The Kier molecular flexibility index (Phi) is 3.73. The standard InChI is InChI=1S/C15H21FN2O2/c1-14(2)9-18(10-15(14,3)20)13(19)17-8-11-5-4-6-12(16)7-11/h4-7,20H,8-10H2,1-3H3,(H,17,19). The molecule has 1 aromatic rings. The zero-order chi connectivity index (χ0) is 15.0. The molecule has 0 spiro atoms. The van der Waals surface area contributed by atoms with Gasteiger partial charge in [-0.3, -0.25) is 0 Å². The normalized spacial score (nSPS) is 24.8. The van der Waals surface area contributed by atoms with Crippen molar-refractivity contribution in [3.05, 3.63) is 35.6 Å². The van der Waals surface area contributed by atoms with Crippen LogP contribution in [-0.2, 0) is 6.54 Å². The van der Waals surface area contributed by atoms with Gasteiger partial charge in [0.05, 0.1) is 12.1 Å². The Labute approximate surface area is 118 Å². The summed E-state index contributed by atoms with van der Waals surface area (Å²) in [5.74, 6) is -0.318. The summed E-state index contributed by atoms with van der Waals surface area (Å²) in [5.41, 5.74) is -0.532. The molecule has 5 heteroatoms. The summed E-state index contributed by atoms with van der Waals surface area (Å²) in [5, 5.41) is 13.0. The van der Waals surface area contributed by atoms with E-state index >= 15 is 0 Å². The van der Waals surface area contributed by atoms with Gasteiger partial charge in [-0.25, -0.2) is 9.18 Å². The predicted molar refractivity (Wildman–Crippen MR) is 74.6 cm³/mol. The van der Waals surface area contributed by atoms with Gasteiger partial charge in [-0.05, 0) is 24.6 Å². The smallest absolute Gasteiger partial charge is 0.317 e. The topological polar surface area (TPSA) is 52.6 Å². The van der Waals surface area contributed by atoms with E-state index in [0.29, 0.717) is 18.7 Å². The fourth-order valence-electron chi connectivity index (χ4n) is 2.37. The number of benzene rings is 1. The Hall–Kier alpha value is -1.62. The maximum atomic E-state index is 13.0. The van der Waals surface area contributed by atoms with Crippen LogP contribution in [0.4, 0.5) is 9.18 Å². The Balaban J connectivity index is 1.94. The van der Waals surface area contributed by atoms with E-state index in [1.165, 1.54) is 12.1 Å². The largest absolute Gasteiger partial charge is 0.388 e. The number of nitrogens with zero attached hydrogens (tertiary/aromatic N) is 1. The van der Waals surface area contributed by atoms with Crippen LogP contribution in [-0.4, -0.2) is 34.7 Å². The molecule has 2 N–H and O–H groups in total. The van der Waals surface area contributed by atoms with Crippen LogP contribution in [0, 0.1) is 11.2 Å². The van der Waals surface area contributed by atoms with E-state index in [0.717, 1.165) is 0 Å². The monoisotopic (exact) mass is 280 g/mol. The van der Waals surface area contributed by atoms with Gasteiger partial charge in [0, 0.05) is 18.5 Å². The van der Waals surface area contributed by atoms with Gasteiger partial charge in [-0.1, -0.05) is 26.0 Å². The number of carbonyl (C=O) groups is 1. The first-order chi connectivity index (χ1) is 9.21. The van der Waals surface area contributed by atoms with Crippen molar-refractivity contribution >= 4 is 6.03 Å². The zero-order valence-corrected chi connectivity index (χ0v) is 12.1. The molecule has 0 aliphatic carbocycles. The maximum absolute atomic E-state index is 13.0. The number of hydrogen-bond donors (Lipinski definition) is 2. The minimum atomic E-state index is -0.900. The van der Waals surface area contributed by atoms with Gasteiger partial charge >= 0.3 is 6.03 Å². The summed E-state index contributed by atoms with van der Waals surface area (Å²) in [4.78, 5) is 13.7. The van der Waals surface area contributed by atoms with E-state index in [1.807, 2.05) is 13.8 Å². The third-order valence-electron chi connectivity index (χ3n) is 4.16. The van der Waals surface area contributed by atoms with Crippen molar-refractivity contribution in [3.63, 3.8) is 0 Å². The molecule has 1 aliphatic rings. The SMILES string of the molecule is CC1(C)CN(C(=O)NCc2cccc(F)c2)CC1(C)O. The van der Waals surface area contributed by atoms with Crippen molar-refractivity contribution in [2.75, 3.05) is 13.1 Å². The number of likely N-dealkylation sites (tertiary alicyclic amines) is 1. The molecule has 2 amide bonds. The van der Waals surface area contributed by atoms with E-state index in [-0.39, 0.29) is 23.8 Å². The number of amides is 2. The molecule has 1 aliphatic heterocycles. The maximum Gasteiger partial charge on any atom is 0.317 e. The molecular weight excluding hydrogens is 259 g/mol. The van der Waals surface area contributed by atoms with Crippen molar-refractivity contribution in [1.29, 1.82) is 0 Å². The third-order valence-corrected chi connectivity index (χ3v) is 4.16. The minimum Gasteiger partial charge on any atom is -0.388 e. The highest BCUT2D eigenvalue weighted by Gasteiger charge is 2.49. The fourth-order valence-corrected chi connectivity index (χ4v) is 2.37. The molecule has 0 radical (unpaired) electrons. The van der Waals surface area contributed by atoms with Crippen molar-refractivity contribution in [3.8, 4) is 0 Å². The van der Waals surface area contributed by atoms with E-state index < -0.39 is 5.60 Å². The number of hydrogen-bond acceptors (Lipinski definition) is 2. The van der Waals surface area contributed by atoms with E-state index in [9.17, 15) is 14.3 Å². The second-order valence-electron chi connectivity index (χ2n) is 6.30. The van der Waals surface area contributed by atoms with Crippen LogP contribution in [0.15, 0.2) is 24.3 Å². The quantitative estimate of drug-likeness (QED) is 0.872. The lowest BCUT2D eigenvalue weighted by atomic mass is 9.79. The van der Waals surface area contributed by atoms with Crippen LogP contribution in [0.25, 0.3) is 0 Å². The second kappa shape index (κ2) is 5.05. The van der Waals surface area contributed by atoms with Crippen LogP contribution in [0.3, 0.4) is 0 Å². The lowest BCUT2D eigenvalue weighted by Gasteiger charge is -2.30. The minimum absolute atomic E-state index is 0.236. The van der Waals surface area contributed by atoms with Gasteiger partial charge < -0.3 is 15.3 Å². The summed E-state index contributed by atoms with van der Waals surface area (Å²) >= 11 is 0. The fraction of sp³-hybridized carbons (Fsp3) is 0.533. The summed E-state index contributed by atoms with van der Waals surface area (Å²) in [6, 6.07) is 5.89. The molecule has 1 heterocycles. The third kappa shape index (κ3) is 2.93. The molecular formula is C15H21FN2O2. The van der Waals surface area contributed by atoms with Gasteiger partial charge in [0.1, 0.15) is 5.82 Å². The van der Waals surface area contributed by atoms with E-state index in [2.05, 4.69) is 5.32 Å². The van der Waals surface area contributed by atoms with Gasteiger partial charge in [-0.2, -0.15) is 0 Å².